The van der Waals surface area contributed by atoms with Gasteiger partial charge in [-0.15, -0.1) is 24.0 Å². The Morgan fingerprint density at radius 3 is 2.38 bits per heavy atom. The molecular weight excluding hydrogens is 425 g/mol. The van der Waals surface area contributed by atoms with Crippen LogP contribution in [0.2, 0.25) is 0 Å². The van der Waals surface area contributed by atoms with Gasteiger partial charge in [0.1, 0.15) is 11.6 Å². The molecule has 1 saturated carbocycles. The fraction of sp³-hybridized carbons (Fsp3) is 0.588. The van der Waals surface area contributed by atoms with Crippen LogP contribution in [0.4, 0.5) is 8.78 Å². The Morgan fingerprint density at radius 1 is 1.25 bits per heavy atom. The highest BCUT2D eigenvalue weighted by atomic mass is 127. The van der Waals surface area contributed by atoms with E-state index >= 15 is 0 Å². The minimum absolute atomic E-state index is 0. The molecule has 0 heterocycles. The maximum absolute atomic E-state index is 14.0. The number of rotatable bonds is 5. The molecule has 2 rings (SSSR count). The Balaban J connectivity index is 0.00000288. The van der Waals surface area contributed by atoms with Crippen molar-refractivity contribution >= 4 is 29.9 Å². The molecule has 1 unspecified atom stereocenters. The van der Waals surface area contributed by atoms with E-state index < -0.39 is 17.7 Å². The van der Waals surface area contributed by atoms with Crippen molar-refractivity contribution in [3.05, 3.63) is 35.4 Å². The van der Waals surface area contributed by atoms with Crippen molar-refractivity contribution in [1.82, 2.24) is 10.2 Å². The normalized spacial score (nSPS) is 17.5. The third kappa shape index (κ3) is 5.84. The summed E-state index contributed by atoms with van der Waals surface area (Å²) in [6.45, 7) is 0.205. The second kappa shape index (κ2) is 10.1. The number of likely N-dealkylation sites (N-methyl/N-ethyl adjacent to an activating group) is 1. The van der Waals surface area contributed by atoms with Gasteiger partial charge in [0.25, 0.3) is 0 Å². The van der Waals surface area contributed by atoms with Crippen LogP contribution in [-0.2, 0) is 0 Å². The van der Waals surface area contributed by atoms with Gasteiger partial charge >= 0.3 is 0 Å². The van der Waals surface area contributed by atoms with Crippen molar-refractivity contribution in [3.63, 3.8) is 0 Å². The molecule has 0 saturated heterocycles. The highest BCUT2D eigenvalue weighted by Gasteiger charge is 2.22. The lowest BCUT2D eigenvalue weighted by atomic mass is 9.96. The van der Waals surface area contributed by atoms with Crippen LogP contribution in [0.15, 0.2) is 23.2 Å². The zero-order chi connectivity index (χ0) is 16.8. The van der Waals surface area contributed by atoms with Crippen LogP contribution >= 0.6 is 24.0 Å². The molecule has 1 fully saturated rings. The summed E-state index contributed by atoms with van der Waals surface area (Å²) in [7, 11) is 3.55. The molecule has 0 aliphatic heterocycles. The lowest BCUT2D eigenvalue weighted by Gasteiger charge is -2.25. The van der Waals surface area contributed by atoms with E-state index in [-0.39, 0.29) is 36.1 Å². The van der Waals surface area contributed by atoms with Gasteiger partial charge in [0.15, 0.2) is 5.96 Å². The molecular formula is C17H27F2IN4. The third-order valence-electron chi connectivity index (χ3n) is 4.35. The summed E-state index contributed by atoms with van der Waals surface area (Å²) < 4.78 is 28.0. The number of nitrogens with one attached hydrogen (secondary N) is 1. The number of hydrogen-bond donors (Lipinski definition) is 2. The van der Waals surface area contributed by atoms with Crippen LogP contribution in [0.25, 0.3) is 0 Å². The highest BCUT2D eigenvalue weighted by Crippen LogP contribution is 2.24. The van der Waals surface area contributed by atoms with E-state index in [0.717, 1.165) is 12.8 Å². The Morgan fingerprint density at radius 2 is 1.83 bits per heavy atom. The Bertz CT molecular complexity index is 525. The SMILES string of the molecule is CN(C)C(CN=C(N)NC1CCCCC1)c1c(F)cccc1F.I. The van der Waals surface area contributed by atoms with Gasteiger partial charge in [0, 0.05) is 11.6 Å². The van der Waals surface area contributed by atoms with E-state index in [0.29, 0.717) is 12.0 Å². The first-order valence-corrected chi connectivity index (χ1v) is 8.16. The number of hydrogen-bond acceptors (Lipinski definition) is 2. The molecule has 0 amide bonds. The molecule has 1 aliphatic rings. The Labute approximate surface area is 159 Å². The maximum atomic E-state index is 14.0. The van der Waals surface area contributed by atoms with Crippen molar-refractivity contribution in [2.24, 2.45) is 10.7 Å². The van der Waals surface area contributed by atoms with Crippen LogP contribution in [0, 0.1) is 11.6 Å². The zero-order valence-electron chi connectivity index (χ0n) is 14.3. The summed E-state index contributed by atoms with van der Waals surface area (Å²) in [6, 6.07) is 3.76. The van der Waals surface area contributed by atoms with Crippen LogP contribution in [0.5, 0.6) is 0 Å². The van der Waals surface area contributed by atoms with E-state index in [2.05, 4.69) is 10.3 Å². The van der Waals surface area contributed by atoms with Gasteiger partial charge in [-0.2, -0.15) is 0 Å². The van der Waals surface area contributed by atoms with E-state index in [1.807, 2.05) is 0 Å². The zero-order valence-corrected chi connectivity index (χ0v) is 16.6. The smallest absolute Gasteiger partial charge is 0.188 e. The highest BCUT2D eigenvalue weighted by molar-refractivity contribution is 14.0. The predicted molar refractivity (Wildman–Crippen MR) is 105 cm³/mol. The summed E-state index contributed by atoms with van der Waals surface area (Å²) in [4.78, 5) is 6.06. The van der Waals surface area contributed by atoms with Gasteiger partial charge in [-0.25, -0.2) is 8.78 Å². The molecule has 4 nitrogen and oxygen atoms in total. The van der Waals surface area contributed by atoms with E-state index in [1.165, 1.54) is 37.5 Å². The lowest BCUT2D eigenvalue weighted by molar-refractivity contribution is 0.290. The van der Waals surface area contributed by atoms with Crippen LogP contribution in [0.1, 0.15) is 43.7 Å². The van der Waals surface area contributed by atoms with Crippen LogP contribution < -0.4 is 11.1 Å². The van der Waals surface area contributed by atoms with E-state index in [1.54, 1.807) is 19.0 Å². The molecule has 1 aromatic rings. The molecule has 24 heavy (non-hydrogen) atoms. The second-order valence-electron chi connectivity index (χ2n) is 6.32. The van der Waals surface area contributed by atoms with Crippen molar-refractivity contribution in [1.29, 1.82) is 0 Å². The number of benzene rings is 1. The molecule has 0 bridgehead atoms. The Kier molecular flexibility index (Phi) is 8.90. The molecule has 3 N–H and O–H groups in total. The average molecular weight is 452 g/mol. The monoisotopic (exact) mass is 452 g/mol. The number of nitrogens with zero attached hydrogens (tertiary/aromatic N) is 2. The first kappa shape index (κ1) is 21.1. The quantitative estimate of drug-likeness (QED) is 0.409. The summed E-state index contributed by atoms with van der Waals surface area (Å²) >= 11 is 0. The topological polar surface area (TPSA) is 53.6 Å². The molecule has 0 spiro atoms. The van der Waals surface area contributed by atoms with Crippen molar-refractivity contribution < 1.29 is 8.78 Å². The maximum Gasteiger partial charge on any atom is 0.188 e. The van der Waals surface area contributed by atoms with Crippen LogP contribution in [-0.4, -0.2) is 37.5 Å². The summed E-state index contributed by atoms with van der Waals surface area (Å²) in [5, 5.41) is 3.22. The fourth-order valence-electron chi connectivity index (χ4n) is 3.03. The summed E-state index contributed by atoms with van der Waals surface area (Å²) in [5.41, 5.74) is 5.97. The van der Waals surface area contributed by atoms with Crippen molar-refractivity contribution in [3.8, 4) is 0 Å². The lowest BCUT2D eigenvalue weighted by Crippen LogP contribution is -2.41. The van der Waals surface area contributed by atoms with Gasteiger partial charge in [-0.1, -0.05) is 25.3 Å². The van der Waals surface area contributed by atoms with Gasteiger partial charge in [-0.05, 0) is 39.1 Å². The first-order chi connectivity index (χ1) is 11.0. The molecule has 1 atom stereocenters. The predicted octanol–water partition coefficient (Wildman–Crippen LogP) is 3.42. The summed E-state index contributed by atoms with van der Waals surface area (Å²) in [6.07, 6.45) is 5.85. The summed E-state index contributed by atoms with van der Waals surface area (Å²) in [5.74, 6) is -0.768. The first-order valence-electron chi connectivity index (χ1n) is 8.16. The van der Waals surface area contributed by atoms with Crippen molar-refractivity contribution in [2.75, 3.05) is 20.6 Å². The number of nitrogens with two attached hydrogens (primary N) is 1. The average Bonchev–Trinajstić information content (AvgIpc) is 2.50. The number of aliphatic imine (C=N–C) groups is 1. The molecule has 7 heteroatoms. The van der Waals surface area contributed by atoms with Gasteiger partial charge < -0.3 is 16.0 Å². The van der Waals surface area contributed by atoms with E-state index in [4.69, 9.17) is 5.73 Å². The second-order valence-corrected chi connectivity index (χ2v) is 6.32. The number of guanidine groups is 1. The minimum atomic E-state index is -0.558. The van der Waals surface area contributed by atoms with Crippen molar-refractivity contribution in [2.45, 2.75) is 44.2 Å². The molecule has 1 aliphatic carbocycles. The van der Waals surface area contributed by atoms with Gasteiger partial charge in [0.2, 0.25) is 0 Å². The standard InChI is InChI=1S/C17H26F2N4.HI/c1-23(2)15(16-13(18)9-6-10-14(16)19)11-21-17(20)22-12-7-4-3-5-8-12;/h6,9-10,12,15H,3-5,7-8,11H2,1-2H3,(H3,20,21,22);1H. The van der Waals surface area contributed by atoms with E-state index in [9.17, 15) is 8.78 Å². The van der Waals surface area contributed by atoms with Gasteiger partial charge in [-0.3, -0.25) is 4.99 Å². The minimum Gasteiger partial charge on any atom is -0.370 e. The largest absolute Gasteiger partial charge is 0.370 e. The third-order valence-corrected chi connectivity index (χ3v) is 4.35. The molecule has 1 aromatic carbocycles. The molecule has 0 aromatic heterocycles. The Hall–Kier alpha value is -0.960. The van der Waals surface area contributed by atoms with Gasteiger partial charge in [0.05, 0.1) is 12.6 Å². The number of halogens is 3. The molecule has 136 valence electrons. The van der Waals surface area contributed by atoms with Crippen LogP contribution in [0.3, 0.4) is 0 Å². The molecule has 0 radical (unpaired) electrons. The fourth-order valence-corrected chi connectivity index (χ4v) is 3.03.